The number of aliphatic hydroxyl groups excluding tert-OH is 1. The highest BCUT2D eigenvalue weighted by molar-refractivity contribution is 8.18. The molecule has 0 aliphatic carbocycles. The van der Waals surface area contributed by atoms with Crippen molar-refractivity contribution in [1.82, 2.24) is 0 Å². The van der Waals surface area contributed by atoms with Crippen molar-refractivity contribution in [3.8, 4) is 11.5 Å². The number of carbonyl (C=O) groups excluding carboxylic acids is 1. The van der Waals surface area contributed by atoms with E-state index in [2.05, 4.69) is 4.99 Å². The summed E-state index contributed by atoms with van der Waals surface area (Å²) in [5, 5.41) is 21.1. The third kappa shape index (κ3) is 4.63. The predicted molar refractivity (Wildman–Crippen MR) is 115 cm³/mol. The number of benzene rings is 2. The molecule has 2 aromatic rings. The molecule has 2 aromatic carbocycles. The molecule has 0 unspecified atom stereocenters. The zero-order chi connectivity index (χ0) is 21.0. The number of aliphatic imine (C=N–C) groups is 1. The van der Waals surface area contributed by atoms with Crippen molar-refractivity contribution in [2.45, 2.75) is 13.8 Å². The molecule has 0 fully saturated rings. The SMILES string of the molecule is CCOC(=O)C1=C(O)/C(=C\c2cc(C)ccc2O)SC1=Nc1ccc(OC)cc1. The van der Waals surface area contributed by atoms with Crippen LogP contribution in [0, 0.1) is 6.92 Å². The van der Waals surface area contributed by atoms with Gasteiger partial charge in [0.15, 0.2) is 0 Å². The van der Waals surface area contributed by atoms with Gasteiger partial charge in [-0.25, -0.2) is 9.79 Å². The molecule has 1 heterocycles. The molecule has 7 heteroatoms. The maximum atomic E-state index is 12.4. The molecule has 0 radical (unpaired) electrons. The molecule has 0 aromatic heterocycles. The molecule has 1 aliphatic rings. The molecule has 0 saturated carbocycles. The highest BCUT2D eigenvalue weighted by Crippen LogP contribution is 2.41. The number of aromatic hydroxyl groups is 1. The van der Waals surface area contributed by atoms with Crippen LogP contribution in [0.5, 0.6) is 11.5 Å². The molecule has 6 nitrogen and oxygen atoms in total. The second kappa shape index (κ2) is 8.87. The number of methoxy groups -OCH3 is 1. The van der Waals surface area contributed by atoms with Crippen LogP contribution in [0.2, 0.25) is 0 Å². The first-order valence-corrected chi connectivity index (χ1v) is 9.77. The minimum atomic E-state index is -0.651. The second-order valence-corrected chi connectivity index (χ2v) is 7.26. The van der Waals surface area contributed by atoms with Crippen molar-refractivity contribution in [1.29, 1.82) is 0 Å². The van der Waals surface area contributed by atoms with Crippen molar-refractivity contribution in [2.75, 3.05) is 13.7 Å². The van der Waals surface area contributed by atoms with Crippen molar-refractivity contribution in [3.05, 3.63) is 69.8 Å². The zero-order valence-electron chi connectivity index (χ0n) is 16.3. The lowest BCUT2D eigenvalue weighted by molar-refractivity contribution is -0.138. The Balaban J connectivity index is 2.05. The predicted octanol–water partition coefficient (Wildman–Crippen LogP) is 4.90. The molecule has 0 spiro atoms. The largest absolute Gasteiger partial charge is 0.507 e. The Hall–Kier alpha value is -3.19. The van der Waals surface area contributed by atoms with E-state index in [1.54, 1.807) is 62.6 Å². The van der Waals surface area contributed by atoms with E-state index >= 15 is 0 Å². The number of rotatable bonds is 5. The van der Waals surface area contributed by atoms with E-state index < -0.39 is 5.97 Å². The van der Waals surface area contributed by atoms with Gasteiger partial charge in [0.1, 0.15) is 27.9 Å². The minimum absolute atomic E-state index is 0.00561. The highest BCUT2D eigenvalue weighted by atomic mass is 32.2. The van der Waals surface area contributed by atoms with Crippen LogP contribution in [0.4, 0.5) is 5.69 Å². The summed E-state index contributed by atoms with van der Waals surface area (Å²) in [6.45, 7) is 3.77. The second-order valence-electron chi connectivity index (χ2n) is 6.23. The van der Waals surface area contributed by atoms with Crippen LogP contribution < -0.4 is 4.74 Å². The van der Waals surface area contributed by atoms with Gasteiger partial charge in [0.25, 0.3) is 0 Å². The lowest BCUT2D eigenvalue weighted by Crippen LogP contribution is -2.12. The van der Waals surface area contributed by atoms with Gasteiger partial charge in [-0.1, -0.05) is 23.4 Å². The summed E-state index contributed by atoms with van der Waals surface area (Å²) in [5.41, 5.74) is 2.10. The molecule has 2 N–H and O–H groups in total. The van der Waals surface area contributed by atoms with Crippen LogP contribution in [0.3, 0.4) is 0 Å². The van der Waals surface area contributed by atoms with E-state index in [-0.39, 0.29) is 23.7 Å². The Morgan fingerprint density at radius 2 is 1.90 bits per heavy atom. The smallest absolute Gasteiger partial charge is 0.344 e. The summed E-state index contributed by atoms with van der Waals surface area (Å²) in [4.78, 5) is 17.4. The van der Waals surface area contributed by atoms with Crippen LogP contribution in [0.25, 0.3) is 6.08 Å². The quantitative estimate of drug-likeness (QED) is 0.680. The van der Waals surface area contributed by atoms with Gasteiger partial charge in [0.05, 0.1) is 24.3 Å². The molecule has 0 bridgehead atoms. The number of esters is 1. The minimum Gasteiger partial charge on any atom is -0.507 e. The van der Waals surface area contributed by atoms with Gasteiger partial charge in [0, 0.05) is 5.56 Å². The fourth-order valence-corrected chi connectivity index (χ4v) is 3.72. The Labute approximate surface area is 173 Å². The summed E-state index contributed by atoms with van der Waals surface area (Å²) >= 11 is 1.14. The number of aryl methyl sites for hydroxylation is 1. The number of phenolic OH excluding ortho intramolecular Hbond substituents is 1. The lowest BCUT2D eigenvalue weighted by atomic mass is 10.1. The normalized spacial score (nSPS) is 16.5. The van der Waals surface area contributed by atoms with Gasteiger partial charge < -0.3 is 19.7 Å². The number of hydrogen-bond donors (Lipinski definition) is 2. The molecule has 29 heavy (non-hydrogen) atoms. The lowest BCUT2D eigenvalue weighted by Gasteiger charge is -2.04. The van der Waals surface area contributed by atoms with Crippen molar-refractivity contribution >= 4 is 34.5 Å². The summed E-state index contributed by atoms with van der Waals surface area (Å²) < 4.78 is 10.2. The van der Waals surface area contributed by atoms with Gasteiger partial charge in [-0.05, 0) is 56.3 Å². The topological polar surface area (TPSA) is 88.4 Å². The molecular weight excluding hydrogens is 390 g/mol. The molecule has 3 rings (SSSR count). The molecule has 150 valence electrons. The van der Waals surface area contributed by atoms with Crippen LogP contribution in [-0.2, 0) is 9.53 Å². The van der Waals surface area contributed by atoms with E-state index in [1.165, 1.54) is 0 Å². The summed E-state index contributed by atoms with van der Waals surface area (Å²) in [6, 6.07) is 12.2. The van der Waals surface area contributed by atoms with Gasteiger partial charge >= 0.3 is 5.97 Å². The van der Waals surface area contributed by atoms with E-state index in [0.717, 1.165) is 17.3 Å². The van der Waals surface area contributed by atoms with Gasteiger partial charge in [0.2, 0.25) is 0 Å². The van der Waals surface area contributed by atoms with E-state index in [4.69, 9.17) is 9.47 Å². The number of carbonyl (C=O) groups is 1. The number of aliphatic hydroxyl groups is 1. The summed E-state index contributed by atoms with van der Waals surface area (Å²) in [5.74, 6) is -0.106. The van der Waals surface area contributed by atoms with Gasteiger partial charge in [-0.3, -0.25) is 0 Å². The molecule has 0 atom stereocenters. The summed E-state index contributed by atoms with van der Waals surface area (Å²) in [7, 11) is 1.57. The number of ether oxygens (including phenoxy) is 2. The molecule has 1 aliphatic heterocycles. The first-order chi connectivity index (χ1) is 13.9. The zero-order valence-corrected chi connectivity index (χ0v) is 17.1. The Morgan fingerprint density at radius 3 is 2.55 bits per heavy atom. The third-order valence-corrected chi connectivity index (χ3v) is 5.16. The third-order valence-electron chi connectivity index (χ3n) is 4.14. The van der Waals surface area contributed by atoms with Gasteiger partial charge in [-0.15, -0.1) is 0 Å². The van der Waals surface area contributed by atoms with Crippen molar-refractivity contribution in [2.24, 2.45) is 4.99 Å². The van der Waals surface area contributed by atoms with Crippen LogP contribution in [-0.4, -0.2) is 34.9 Å². The van der Waals surface area contributed by atoms with Crippen molar-refractivity contribution < 1.29 is 24.5 Å². The van der Waals surface area contributed by atoms with Gasteiger partial charge in [-0.2, -0.15) is 0 Å². The number of nitrogens with zero attached hydrogens (tertiary/aromatic N) is 1. The van der Waals surface area contributed by atoms with Crippen LogP contribution in [0.15, 0.2) is 63.7 Å². The van der Waals surface area contributed by atoms with Crippen molar-refractivity contribution in [3.63, 3.8) is 0 Å². The van der Waals surface area contributed by atoms with E-state index in [9.17, 15) is 15.0 Å². The standard InChI is InChI=1S/C22H21NO5S/c1-4-28-22(26)19-20(25)18(12-14-11-13(2)5-10-17(14)24)29-21(19)23-15-6-8-16(27-3)9-7-15/h5-12,24-25H,4H2,1-3H3/b18-12+,23-21?. The fourth-order valence-electron chi connectivity index (χ4n) is 2.70. The first-order valence-electron chi connectivity index (χ1n) is 8.96. The maximum Gasteiger partial charge on any atom is 0.344 e. The first kappa shape index (κ1) is 20.5. The molecule has 0 saturated heterocycles. The molecular formula is C22H21NO5S. The van der Waals surface area contributed by atoms with E-state index in [0.29, 0.717) is 26.9 Å². The van der Waals surface area contributed by atoms with Crippen LogP contribution in [0.1, 0.15) is 18.1 Å². The average molecular weight is 411 g/mol. The summed E-state index contributed by atoms with van der Waals surface area (Å²) in [6.07, 6.45) is 1.62. The number of phenols is 1. The highest BCUT2D eigenvalue weighted by Gasteiger charge is 2.33. The Morgan fingerprint density at radius 1 is 1.17 bits per heavy atom. The van der Waals surface area contributed by atoms with Crippen LogP contribution >= 0.6 is 11.8 Å². The fraction of sp³-hybridized carbons (Fsp3) is 0.182. The number of hydrogen-bond acceptors (Lipinski definition) is 7. The average Bonchev–Trinajstić information content (AvgIpc) is 3.00. The number of thioether (sulfide) groups is 1. The Bertz CT molecular complexity index is 1020. The Kier molecular flexibility index (Phi) is 6.29. The molecule has 0 amide bonds. The van der Waals surface area contributed by atoms with E-state index in [1.807, 2.05) is 6.92 Å². The monoisotopic (exact) mass is 411 g/mol. The maximum absolute atomic E-state index is 12.4.